The van der Waals surface area contributed by atoms with Crippen LogP contribution in [-0.4, -0.2) is 120 Å². The summed E-state index contributed by atoms with van der Waals surface area (Å²) < 4.78 is 11.8. The average Bonchev–Trinajstić information content (AvgIpc) is 3.09. The predicted octanol–water partition coefficient (Wildman–Crippen LogP) is -2.80. The third-order valence-corrected chi connectivity index (χ3v) is 6.72. The first kappa shape index (κ1) is 30.6. The number of carboxylic acids is 1. The number of carbonyl (C=O) groups is 3. The van der Waals surface area contributed by atoms with Gasteiger partial charge in [0, 0.05) is 38.3 Å². The van der Waals surface area contributed by atoms with Crippen LogP contribution >= 0.6 is 11.8 Å². The second-order valence-electron chi connectivity index (χ2n) is 8.30. The van der Waals surface area contributed by atoms with Crippen molar-refractivity contribution in [3.63, 3.8) is 0 Å². The topological polar surface area (TPSA) is 240 Å². The molecule has 0 saturated carbocycles. The van der Waals surface area contributed by atoms with E-state index in [2.05, 4.69) is 10.6 Å². The maximum absolute atomic E-state index is 12.5. The van der Waals surface area contributed by atoms with Crippen LogP contribution in [0.3, 0.4) is 0 Å². The average molecular weight is 552 g/mol. The molecule has 1 aliphatic rings. The Bertz CT molecular complexity index is 959. The second-order valence-corrected chi connectivity index (χ2v) is 9.44. The number of amides is 2. The lowest BCUT2D eigenvalue weighted by molar-refractivity contribution is -0.310. The lowest BCUT2D eigenvalue weighted by Crippen LogP contribution is -2.68. The normalized spacial score (nSPS) is 25.3. The highest BCUT2D eigenvalue weighted by Gasteiger charge is 2.55. The third-order valence-electron chi connectivity index (χ3n) is 5.70. The maximum Gasteiger partial charge on any atom is 0.364 e. The molecule has 1 aromatic heterocycles. The fourth-order valence-corrected chi connectivity index (χ4v) is 4.65. The number of rotatable bonds is 13. The molecular formula is C21H33N3O12S. The van der Waals surface area contributed by atoms with Crippen molar-refractivity contribution in [1.29, 1.82) is 0 Å². The standard InChI is InChI=1S/C21H33N3O12S/c1-3-35-21(20(33)34)7-10(26)16(18(36-21)17(31)11(27)9-25)23-14(29)8-22-13(28)4-5-37-12-6-15(30)24(2)19(12)32/h6,10-11,16-18,25-27,30-32H,3-5,7-9H2,1-2H3,(H,22,28)(H,23,29)(H,33,34). The predicted molar refractivity (Wildman–Crippen MR) is 126 cm³/mol. The van der Waals surface area contributed by atoms with Crippen molar-refractivity contribution >= 4 is 29.5 Å². The molecule has 15 nitrogen and oxygen atoms in total. The Balaban J connectivity index is 1.97. The van der Waals surface area contributed by atoms with Crippen molar-refractivity contribution in [2.24, 2.45) is 7.05 Å². The molecule has 6 atom stereocenters. The first-order chi connectivity index (χ1) is 17.4. The molecule has 0 bridgehead atoms. The van der Waals surface area contributed by atoms with Crippen LogP contribution in [0.4, 0.5) is 0 Å². The van der Waals surface area contributed by atoms with Crippen molar-refractivity contribution in [1.82, 2.24) is 15.2 Å². The number of hydrogen-bond acceptors (Lipinski definition) is 12. The van der Waals surface area contributed by atoms with E-state index in [0.717, 1.165) is 16.3 Å². The van der Waals surface area contributed by atoms with Gasteiger partial charge in [-0.2, -0.15) is 0 Å². The minimum atomic E-state index is -2.37. The smallest absolute Gasteiger partial charge is 0.364 e. The number of aliphatic hydroxyl groups is 4. The van der Waals surface area contributed by atoms with Gasteiger partial charge in [0.1, 0.15) is 18.3 Å². The molecule has 0 radical (unpaired) electrons. The highest BCUT2D eigenvalue weighted by atomic mass is 32.2. The second kappa shape index (κ2) is 13.3. The molecular weight excluding hydrogens is 518 g/mol. The summed E-state index contributed by atoms with van der Waals surface area (Å²) in [7, 11) is 1.46. The van der Waals surface area contributed by atoms with Gasteiger partial charge in [-0.15, -0.1) is 11.8 Å². The van der Waals surface area contributed by atoms with Crippen LogP contribution < -0.4 is 10.6 Å². The van der Waals surface area contributed by atoms with E-state index in [-0.39, 0.29) is 30.5 Å². The Labute approximate surface area is 216 Å². The monoisotopic (exact) mass is 551 g/mol. The third kappa shape index (κ3) is 7.47. The molecule has 9 N–H and O–H groups in total. The molecule has 0 aromatic carbocycles. The van der Waals surface area contributed by atoms with Crippen molar-refractivity contribution in [2.75, 3.05) is 25.5 Å². The van der Waals surface area contributed by atoms with E-state index in [0.29, 0.717) is 4.90 Å². The molecule has 2 heterocycles. The molecule has 2 rings (SSSR count). The lowest BCUT2D eigenvalue weighted by Gasteiger charge is -2.46. The van der Waals surface area contributed by atoms with Gasteiger partial charge in [0.15, 0.2) is 5.88 Å². The Morgan fingerprint density at radius 3 is 2.51 bits per heavy atom. The molecule has 0 spiro atoms. The number of aromatic hydroxyl groups is 2. The molecule has 1 saturated heterocycles. The van der Waals surface area contributed by atoms with Crippen molar-refractivity contribution < 1.29 is 59.6 Å². The summed E-state index contributed by atoms with van der Waals surface area (Å²) in [5.74, 6) is -5.38. The Kier molecular flexibility index (Phi) is 11.0. The summed E-state index contributed by atoms with van der Waals surface area (Å²) in [6.45, 7) is -0.0986. The van der Waals surface area contributed by atoms with E-state index < -0.39 is 73.6 Å². The number of carboxylic acid groups (broad SMARTS) is 1. The van der Waals surface area contributed by atoms with Gasteiger partial charge in [0.25, 0.3) is 5.79 Å². The van der Waals surface area contributed by atoms with Crippen LogP contribution in [0.2, 0.25) is 0 Å². The van der Waals surface area contributed by atoms with Crippen molar-refractivity contribution in [3.8, 4) is 11.8 Å². The minimum Gasteiger partial charge on any atom is -0.494 e. The molecule has 210 valence electrons. The zero-order valence-electron chi connectivity index (χ0n) is 20.2. The van der Waals surface area contributed by atoms with Gasteiger partial charge in [0.05, 0.1) is 30.2 Å². The van der Waals surface area contributed by atoms with Gasteiger partial charge in [-0.05, 0) is 6.92 Å². The largest absolute Gasteiger partial charge is 0.494 e. The van der Waals surface area contributed by atoms with E-state index in [4.69, 9.17) is 9.47 Å². The summed E-state index contributed by atoms with van der Waals surface area (Å²) in [4.78, 5) is 36.8. The molecule has 6 unspecified atom stereocenters. The summed E-state index contributed by atoms with van der Waals surface area (Å²) in [6.07, 6.45) is -7.66. The number of thioether (sulfide) groups is 1. The SMILES string of the molecule is CCOC1(C(=O)O)CC(O)C(NC(=O)CNC(=O)CCSc2cc(O)n(C)c2O)C(C(O)C(O)CO)O1. The molecule has 16 heteroatoms. The number of aliphatic carboxylic acids is 1. The fraction of sp³-hybridized carbons (Fsp3) is 0.667. The van der Waals surface area contributed by atoms with Crippen LogP contribution in [-0.2, 0) is 30.9 Å². The molecule has 37 heavy (non-hydrogen) atoms. The van der Waals surface area contributed by atoms with Gasteiger partial charge in [-0.3, -0.25) is 14.2 Å². The van der Waals surface area contributed by atoms with Gasteiger partial charge in [-0.1, -0.05) is 0 Å². The molecule has 1 aromatic rings. The summed E-state index contributed by atoms with van der Waals surface area (Å²) >= 11 is 1.11. The number of hydrogen-bond donors (Lipinski definition) is 9. The number of aromatic nitrogens is 1. The van der Waals surface area contributed by atoms with Crippen LogP contribution in [0, 0.1) is 0 Å². The van der Waals surface area contributed by atoms with Gasteiger partial charge >= 0.3 is 5.97 Å². The number of nitrogens with one attached hydrogen (secondary N) is 2. The zero-order valence-corrected chi connectivity index (χ0v) is 21.1. The highest BCUT2D eigenvalue weighted by molar-refractivity contribution is 7.99. The number of aliphatic hydroxyl groups excluding tert-OH is 4. The van der Waals surface area contributed by atoms with Gasteiger partial charge in [-0.25, -0.2) is 4.79 Å². The minimum absolute atomic E-state index is 0.0400. The van der Waals surface area contributed by atoms with Gasteiger partial charge < -0.3 is 55.9 Å². The Hall–Kier alpha value is -2.60. The first-order valence-electron chi connectivity index (χ1n) is 11.3. The summed E-state index contributed by atoms with van der Waals surface area (Å²) in [5, 5.41) is 73.9. The number of ether oxygens (including phenoxy) is 2. The van der Waals surface area contributed by atoms with E-state index in [1.54, 1.807) is 0 Å². The van der Waals surface area contributed by atoms with E-state index in [1.807, 2.05) is 0 Å². The van der Waals surface area contributed by atoms with E-state index >= 15 is 0 Å². The first-order valence-corrected chi connectivity index (χ1v) is 12.3. The molecule has 2 amide bonds. The molecule has 1 fully saturated rings. The van der Waals surface area contributed by atoms with Crippen molar-refractivity contribution in [3.05, 3.63) is 6.07 Å². The summed E-state index contributed by atoms with van der Waals surface area (Å²) in [6, 6.07) is -0.0793. The maximum atomic E-state index is 12.5. The van der Waals surface area contributed by atoms with Gasteiger partial charge in [0.2, 0.25) is 17.7 Å². The number of nitrogens with zero attached hydrogens (tertiary/aromatic N) is 1. The van der Waals surface area contributed by atoms with Crippen LogP contribution in [0.5, 0.6) is 11.8 Å². The summed E-state index contributed by atoms with van der Waals surface area (Å²) in [5.41, 5.74) is 0. The van der Waals surface area contributed by atoms with Crippen LogP contribution in [0.15, 0.2) is 11.0 Å². The zero-order chi connectivity index (χ0) is 27.9. The van der Waals surface area contributed by atoms with E-state index in [9.17, 15) is 50.1 Å². The Morgan fingerprint density at radius 2 is 1.97 bits per heavy atom. The molecule has 1 aliphatic heterocycles. The highest BCUT2D eigenvalue weighted by Crippen LogP contribution is 2.35. The van der Waals surface area contributed by atoms with E-state index in [1.165, 1.54) is 20.0 Å². The number of carbonyl (C=O) groups excluding carboxylic acids is 2. The van der Waals surface area contributed by atoms with Crippen LogP contribution in [0.1, 0.15) is 19.8 Å². The lowest BCUT2D eigenvalue weighted by atomic mass is 9.88. The molecule has 0 aliphatic carbocycles. The van der Waals surface area contributed by atoms with Crippen molar-refractivity contribution in [2.45, 2.75) is 60.9 Å². The Morgan fingerprint density at radius 1 is 1.30 bits per heavy atom. The fourth-order valence-electron chi connectivity index (χ4n) is 3.69. The quantitative estimate of drug-likeness (QED) is 0.113. The van der Waals surface area contributed by atoms with Crippen LogP contribution in [0.25, 0.3) is 0 Å².